The number of hydrogen-bond acceptors (Lipinski definition) is 4. The van der Waals surface area contributed by atoms with Gasteiger partial charge in [-0.25, -0.2) is 0 Å². The van der Waals surface area contributed by atoms with Gasteiger partial charge in [0.2, 0.25) is 0 Å². The third-order valence-electron chi connectivity index (χ3n) is 4.92. The minimum absolute atomic E-state index is 0.651. The molecule has 1 unspecified atom stereocenters. The van der Waals surface area contributed by atoms with E-state index in [1.165, 1.54) is 30.4 Å². The number of thiol groups is 1. The van der Waals surface area contributed by atoms with E-state index in [9.17, 15) is 4.21 Å². The van der Waals surface area contributed by atoms with Crippen LogP contribution in [0, 0.1) is 12.8 Å². The molecule has 1 aliphatic rings. The van der Waals surface area contributed by atoms with Gasteiger partial charge in [0.25, 0.3) is 0 Å². The molecule has 0 radical (unpaired) electrons. The highest BCUT2D eigenvalue weighted by Gasteiger charge is 2.20. The summed E-state index contributed by atoms with van der Waals surface area (Å²) in [4.78, 5) is 3.19. The zero-order valence-corrected chi connectivity index (χ0v) is 19.3. The van der Waals surface area contributed by atoms with E-state index in [1.54, 1.807) is 18.4 Å². The van der Waals surface area contributed by atoms with Crippen LogP contribution in [-0.2, 0) is 17.2 Å². The van der Waals surface area contributed by atoms with Gasteiger partial charge in [0.05, 0.1) is 10.8 Å². The number of nitrogens with two attached hydrogens (primary N) is 1. The number of benzene rings is 1. The average molecular weight is 421 g/mol. The van der Waals surface area contributed by atoms with Gasteiger partial charge in [-0.2, -0.15) is 12.6 Å². The number of likely N-dealkylation sites (tertiary alicyclic amines) is 1. The Morgan fingerprint density at radius 2 is 1.86 bits per heavy atom. The Morgan fingerprint density at radius 3 is 2.39 bits per heavy atom. The van der Waals surface area contributed by atoms with E-state index in [4.69, 9.17) is 5.73 Å². The van der Waals surface area contributed by atoms with Crippen LogP contribution >= 0.6 is 12.6 Å². The van der Waals surface area contributed by atoms with Gasteiger partial charge in [0, 0.05) is 22.9 Å². The van der Waals surface area contributed by atoms with Crippen LogP contribution in [0.2, 0.25) is 0 Å². The Hall–Kier alpha value is -1.30. The number of nitrogens with zero attached hydrogens (tertiary/aromatic N) is 1. The van der Waals surface area contributed by atoms with Crippen molar-refractivity contribution in [3.63, 3.8) is 0 Å². The third kappa shape index (κ3) is 9.26. The Morgan fingerprint density at radius 1 is 1.25 bits per heavy atom. The smallest absolute Gasteiger partial charge is 0.0542 e. The molecular formula is C23H36N2OS2. The van der Waals surface area contributed by atoms with Crippen LogP contribution in [0.4, 0.5) is 0 Å². The minimum Gasteiger partial charge on any atom is -0.402 e. The van der Waals surface area contributed by atoms with Gasteiger partial charge in [-0.05, 0) is 76.1 Å². The van der Waals surface area contributed by atoms with Gasteiger partial charge >= 0.3 is 0 Å². The summed E-state index contributed by atoms with van der Waals surface area (Å²) in [5.74, 6) is 1.42. The monoisotopic (exact) mass is 420 g/mol. The first-order valence-corrected chi connectivity index (χ1v) is 12.1. The fraction of sp³-hybridized carbons (Fsp3) is 0.478. The van der Waals surface area contributed by atoms with Crippen molar-refractivity contribution in [1.29, 1.82) is 0 Å². The van der Waals surface area contributed by atoms with Gasteiger partial charge in [-0.3, -0.25) is 4.21 Å². The number of piperidine rings is 1. The highest BCUT2D eigenvalue weighted by molar-refractivity contribution is 7.89. The molecule has 156 valence electrons. The summed E-state index contributed by atoms with van der Waals surface area (Å²) in [5.41, 5.74) is 9.11. The second kappa shape index (κ2) is 13.8. The SMILES string of the molecule is C=C/C(=C\C=C(/C)N)S(=O)CCN1CCC(Cc2ccc(C)cc2)CC1.CS. The Kier molecular flexibility index (Phi) is 12.2. The molecule has 2 rings (SSSR count). The van der Waals surface area contributed by atoms with E-state index in [-0.39, 0.29) is 0 Å². The van der Waals surface area contributed by atoms with Crippen LogP contribution < -0.4 is 5.73 Å². The Bertz CT molecular complexity index is 668. The summed E-state index contributed by atoms with van der Waals surface area (Å²) in [6, 6.07) is 8.91. The topological polar surface area (TPSA) is 46.3 Å². The average Bonchev–Trinajstić information content (AvgIpc) is 2.71. The van der Waals surface area contributed by atoms with Crippen LogP contribution in [0.3, 0.4) is 0 Å². The summed E-state index contributed by atoms with van der Waals surface area (Å²) in [7, 11) is -1.02. The summed E-state index contributed by atoms with van der Waals surface area (Å²) in [5, 5.41) is 0. The molecule has 1 heterocycles. The van der Waals surface area contributed by atoms with E-state index < -0.39 is 10.8 Å². The highest BCUT2D eigenvalue weighted by Crippen LogP contribution is 2.22. The Balaban J connectivity index is 0.00000190. The van der Waals surface area contributed by atoms with Crippen LogP contribution in [-0.4, -0.2) is 40.8 Å². The molecule has 1 aliphatic heterocycles. The largest absolute Gasteiger partial charge is 0.402 e. The molecule has 5 heteroatoms. The van der Waals surface area contributed by atoms with Crippen LogP contribution in [0.1, 0.15) is 30.9 Å². The summed E-state index contributed by atoms with van der Waals surface area (Å²) >= 11 is 3.53. The zero-order valence-electron chi connectivity index (χ0n) is 17.6. The van der Waals surface area contributed by atoms with E-state index in [2.05, 4.69) is 55.3 Å². The molecule has 1 aromatic rings. The number of rotatable bonds is 8. The molecule has 1 fully saturated rings. The maximum Gasteiger partial charge on any atom is 0.0542 e. The van der Waals surface area contributed by atoms with Gasteiger partial charge in [-0.15, -0.1) is 0 Å². The van der Waals surface area contributed by atoms with E-state index in [0.29, 0.717) is 11.4 Å². The second-order valence-electron chi connectivity index (χ2n) is 7.21. The first-order chi connectivity index (χ1) is 13.5. The fourth-order valence-electron chi connectivity index (χ4n) is 3.25. The molecule has 2 N–H and O–H groups in total. The molecule has 1 saturated heterocycles. The first kappa shape index (κ1) is 24.7. The maximum atomic E-state index is 12.4. The summed E-state index contributed by atoms with van der Waals surface area (Å²) in [6.45, 7) is 10.8. The predicted molar refractivity (Wildman–Crippen MR) is 128 cm³/mol. The quantitative estimate of drug-likeness (QED) is 0.482. The maximum absolute atomic E-state index is 12.4. The number of aryl methyl sites for hydroxylation is 1. The summed E-state index contributed by atoms with van der Waals surface area (Å²) < 4.78 is 12.4. The van der Waals surface area contributed by atoms with Gasteiger partial charge < -0.3 is 10.6 Å². The van der Waals surface area contributed by atoms with E-state index in [1.807, 2.05) is 13.0 Å². The molecule has 0 bridgehead atoms. The lowest BCUT2D eigenvalue weighted by atomic mass is 9.90. The molecule has 0 saturated carbocycles. The van der Waals surface area contributed by atoms with Crippen molar-refractivity contribution in [3.05, 3.63) is 70.8 Å². The van der Waals surface area contributed by atoms with Crippen molar-refractivity contribution < 1.29 is 4.21 Å². The predicted octanol–water partition coefficient (Wildman–Crippen LogP) is 4.48. The molecule has 1 aromatic carbocycles. The van der Waals surface area contributed by atoms with Crippen LogP contribution in [0.5, 0.6) is 0 Å². The zero-order chi connectivity index (χ0) is 20.9. The molecule has 1 atom stereocenters. The van der Waals surface area contributed by atoms with Crippen molar-refractivity contribution in [2.75, 3.05) is 31.6 Å². The van der Waals surface area contributed by atoms with E-state index in [0.717, 1.165) is 30.5 Å². The van der Waals surface area contributed by atoms with Crippen molar-refractivity contribution in [1.82, 2.24) is 4.90 Å². The number of allylic oxidation sites excluding steroid dienone is 4. The Labute approximate surface area is 179 Å². The highest BCUT2D eigenvalue weighted by atomic mass is 32.2. The standard InChI is InChI=1S/C22H32N2OS.CH4S/c1-4-22(10-7-19(3)23)26(25)16-15-24-13-11-21(12-14-24)17-20-8-5-18(2)6-9-20;1-2/h4-10,21H,1,11-17,23H2,2-3H3;2H,1H3/b19-7+,22-10+;. The second-order valence-corrected chi connectivity index (χ2v) is 8.78. The van der Waals surface area contributed by atoms with E-state index >= 15 is 0 Å². The minimum atomic E-state index is -1.02. The van der Waals surface area contributed by atoms with Gasteiger partial charge in [0.15, 0.2) is 0 Å². The lowest BCUT2D eigenvalue weighted by Crippen LogP contribution is -2.36. The van der Waals surface area contributed by atoms with Gasteiger partial charge in [0.1, 0.15) is 0 Å². The third-order valence-corrected chi connectivity index (χ3v) is 6.30. The molecule has 3 nitrogen and oxygen atoms in total. The molecule has 28 heavy (non-hydrogen) atoms. The van der Waals surface area contributed by atoms with Crippen molar-refractivity contribution in [3.8, 4) is 0 Å². The van der Waals surface area contributed by atoms with Crippen LogP contribution in [0.25, 0.3) is 0 Å². The van der Waals surface area contributed by atoms with Crippen molar-refractivity contribution >= 4 is 23.4 Å². The van der Waals surface area contributed by atoms with Crippen LogP contribution in [0.15, 0.2) is 59.7 Å². The first-order valence-electron chi connectivity index (χ1n) is 9.85. The van der Waals surface area contributed by atoms with Crippen molar-refractivity contribution in [2.24, 2.45) is 11.7 Å². The fourth-order valence-corrected chi connectivity index (χ4v) is 4.32. The normalized spacial score (nSPS) is 17.6. The number of hydrogen-bond donors (Lipinski definition) is 2. The molecule has 0 spiro atoms. The molecule has 0 aliphatic carbocycles. The van der Waals surface area contributed by atoms with Crippen molar-refractivity contribution in [2.45, 2.75) is 33.1 Å². The lowest BCUT2D eigenvalue weighted by molar-refractivity contribution is 0.193. The molecular weight excluding hydrogens is 384 g/mol. The molecule has 0 amide bonds. The summed E-state index contributed by atoms with van der Waals surface area (Å²) in [6.07, 6.45) is 10.6. The molecule has 0 aromatic heterocycles. The van der Waals surface area contributed by atoms with Gasteiger partial charge in [-0.1, -0.05) is 42.5 Å². The lowest BCUT2D eigenvalue weighted by Gasteiger charge is -2.32.